The summed E-state index contributed by atoms with van der Waals surface area (Å²) in [4.78, 5) is 53.7. The highest BCUT2D eigenvalue weighted by molar-refractivity contribution is 5.99. The Bertz CT molecular complexity index is 1320. The summed E-state index contributed by atoms with van der Waals surface area (Å²) in [7, 11) is 1.22. The highest BCUT2D eigenvalue weighted by atomic mass is 19.4. The second-order valence-electron chi connectivity index (χ2n) is 11.6. The number of nitrogens with one attached hydrogen (secondary N) is 1. The van der Waals surface area contributed by atoms with E-state index in [0.717, 1.165) is 11.1 Å². The molecule has 2 aromatic rings. The molecule has 0 saturated heterocycles. The molecule has 0 radical (unpaired) electrons. The number of hydrogen-bond acceptors (Lipinski definition) is 7. The number of ether oxygens (including phenoxy) is 1. The molecule has 2 unspecified atom stereocenters. The maximum absolute atomic E-state index is 14.1. The fourth-order valence-corrected chi connectivity index (χ4v) is 5.50. The summed E-state index contributed by atoms with van der Waals surface area (Å²) in [6.07, 6.45) is -4.60. The monoisotopic (exact) mass is 605 g/mol. The predicted octanol–water partition coefficient (Wildman–Crippen LogP) is 3.27. The number of rotatable bonds is 11. The van der Waals surface area contributed by atoms with Gasteiger partial charge in [-0.15, -0.1) is 0 Å². The molecule has 0 heterocycles. The van der Waals surface area contributed by atoms with Crippen molar-refractivity contribution in [3.8, 4) is 0 Å². The van der Waals surface area contributed by atoms with Crippen molar-refractivity contribution in [1.29, 1.82) is 0 Å². The molecule has 3 atom stereocenters. The van der Waals surface area contributed by atoms with Gasteiger partial charge in [0.05, 0.1) is 25.1 Å². The average Bonchev–Trinajstić information content (AvgIpc) is 3.36. The second-order valence-corrected chi connectivity index (χ2v) is 11.6. The Hall–Kier alpha value is -3.77. The number of halogens is 3. The van der Waals surface area contributed by atoms with E-state index in [1.165, 1.54) is 50.1 Å². The van der Waals surface area contributed by atoms with Crippen LogP contribution in [0.5, 0.6) is 0 Å². The van der Waals surface area contributed by atoms with Gasteiger partial charge in [-0.1, -0.05) is 52.0 Å². The number of fused-ring (bicyclic) bond motifs is 1. The Morgan fingerprint density at radius 2 is 1.47 bits per heavy atom. The number of Topliss-reactive ketones (excluding diaryl/α,β-unsaturated/α-hetero) is 1. The van der Waals surface area contributed by atoms with E-state index in [2.05, 4.69) is 10.1 Å². The number of aliphatic hydroxyl groups is 1. The molecular formula is C31H38F3N3O6. The number of amides is 2. The van der Waals surface area contributed by atoms with Crippen molar-refractivity contribution in [3.63, 3.8) is 0 Å². The Balaban J connectivity index is 1.94. The SMILES string of the molecule is COC(=O)c1ccc(C(=O)N[C@H](C(=O)N(CC(=O)C(C(C)C)C(N)(O)C(F)(F)F)C2Cc3ccccc3C2)C(C)C)cc1. The van der Waals surface area contributed by atoms with Gasteiger partial charge in [0.25, 0.3) is 5.91 Å². The van der Waals surface area contributed by atoms with Gasteiger partial charge in [0.15, 0.2) is 5.78 Å². The molecule has 4 N–H and O–H groups in total. The van der Waals surface area contributed by atoms with Crippen molar-refractivity contribution in [1.82, 2.24) is 10.2 Å². The van der Waals surface area contributed by atoms with Crippen LogP contribution in [-0.2, 0) is 27.2 Å². The van der Waals surface area contributed by atoms with Crippen LogP contribution in [0.15, 0.2) is 48.5 Å². The van der Waals surface area contributed by atoms with Crippen LogP contribution >= 0.6 is 0 Å². The zero-order valence-electron chi connectivity index (χ0n) is 24.8. The average molecular weight is 606 g/mol. The van der Waals surface area contributed by atoms with Crippen LogP contribution in [0.25, 0.3) is 0 Å². The van der Waals surface area contributed by atoms with E-state index in [9.17, 15) is 37.5 Å². The van der Waals surface area contributed by atoms with Gasteiger partial charge >= 0.3 is 12.1 Å². The van der Waals surface area contributed by atoms with Crippen molar-refractivity contribution in [2.24, 2.45) is 23.5 Å². The van der Waals surface area contributed by atoms with Gasteiger partial charge in [0.1, 0.15) is 6.04 Å². The molecule has 1 aliphatic rings. The third-order valence-corrected chi connectivity index (χ3v) is 7.81. The molecule has 12 heteroatoms. The quantitative estimate of drug-likeness (QED) is 0.264. The van der Waals surface area contributed by atoms with E-state index in [0.29, 0.717) is 12.8 Å². The molecule has 43 heavy (non-hydrogen) atoms. The molecule has 9 nitrogen and oxygen atoms in total. The van der Waals surface area contributed by atoms with Crippen LogP contribution in [0.3, 0.4) is 0 Å². The summed E-state index contributed by atoms with van der Waals surface area (Å²) in [5.74, 6) is -6.45. The van der Waals surface area contributed by atoms with Crippen molar-refractivity contribution >= 4 is 23.6 Å². The Kier molecular flexibility index (Phi) is 10.4. The van der Waals surface area contributed by atoms with Gasteiger partial charge in [0.2, 0.25) is 11.6 Å². The summed E-state index contributed by atoms with van der Waals surface area (Å²) in [6, 6.07) is 11.2. The maximum Gasteiger partial charge on any atom is 0.431 e. The molecule has 0 bridgehead atoms. The summed E-state index contributed by atoms with van der Waals surface area (Å²) in [6.45, 7) is 5.30. The molecule has 0 saturated carbocycles. The molecule has 0 fully saturated rings. The number of nitrogens with zero attached hydrogens (tertiary/aromatic N) is 1. The normalized spacial score (nSPS) is 16.3. The minimum atomic E-state index is -5.30. The number of carbonyl (C=O) groups is 4. The number of hydrogen-bond donors (Lipinski definition) is 3. The van der Waals surface area contributed by atoms with E-state index in [-0.39, 0.29) is 11.1 Å². The number of nitrogens with two attached hydrogens (primary N) is 1. The van der Waals surface area contributed by atoms with Gasteiger partial charge in [-0.2, -0.15) is 13.2 Å². The Morgan fingerprint density at radius 3 is 1.91 bits per heavy atom. The number of methoxy groups -OCH3 is 1. The maximum atomic E-state index is 14.1. The van der Waals surface area contributed by atoms with E-state index in [1.807, 2.05) is 24.3 Å². The molecule has 0 spiro atoms. The minimum Gasteiger partial charge on any atom is -0.465 e. The highest BCUT2D eigenvalue weighted by Gasteiger charge is 2.59. The summed E-state index contributed by atoms with van der Waals surface area (Å²) < 4.78 is 45.8. The van der Waals surface area contributed by atoms with Gasteiger partial charge in [-0.3, -0.25) is 20.1 Å². The second kappa shape index (κ2) is 13.3. The topological polar surface area (TPSA) is 139 Å². The first kappa shape index (κ1) is 33.7. The summed E-state index contributed by atoms with van der Waals surface area (Å²) in [5, 5.41) is 13.0. The number of ketones is 1. The van der Waals surface area contributed by atoms with Crippen LogP contribution in [0.4, 0.5) is 13.2 Å². The summed E-state index contributed by atoms with van der Waals surface area (Å²) in [5.41, 5.74) is 3.73. The van der Waals surface area contributed by atoms with Crippen LogP contribution in [0.2, 0.25) is 0 Å². The highest BCUT2D eigenvalue weighted by Crippen LogP contribution is 2.37. The number of alkyl halides is 3. The van der Waals surface area contributed by atoms with Gasteiger partial charge < -0.3 is 20.1 Å². The number of esters is 1. The molecule has 2 aromatic carbocycles. The van der Waals surface area contributed by atoms with Crippen LogP contribution < -0.4 is 11.1 Å². The predicted molar refractivity (Wildman–Crippen MR) is 152 cm³/mol. The first-order valence-corrected chi connectivity index (χ1v) is 14.0. The lowest BCUT2D eigenvalue weighted by atomic mass is 9.81. The zero-order chi connectivity index (χ0) is 32.3. The molecule has 3 rings (SSSR count). The molecule has 234 valence electrons. The van der Waals surface area contributed by atoms with Gasteiger partial charge in [-0.25, -0.2) is 4.79 Å². The molecule has 0 aliphatic heterocycles. The fraction of sp³-hybridized carbons (Fsp3) is 0.484. The number of carbonyl (C=O) groups excluding carboxylic acids is 4. The van der Waals surface area contributed by atoms with E-state index in [4.69, 9.17) is 5.73 Å². The van der Waals surface area contributed by atoms with E-state index < -0.39 is 71.9 Å². The fourth-order valence-electron chi connectivity index (χ4n) is 5.50. The van der Waals surface area contributed by atoms with Crippen molar-refractivity contribution in [3.05, 3.63) is 70.8 Å². The van der Waals surface area contributed by atoms with Gasteiger partial charge in [0, 0.05) is 11.6 Å². The Morgan fingerprint density at radius 1 is 0.953 bits per heavy atom. The molecule has 1 aliphatic carbocycles. The van der Waals surface area contributed by atoms with E-state index in [1.54, 1.807) is 13.8 Å². The standard InChI is InChI=1S/C31H38F3N3O6/c1-17(2)25(30(35,42)31(32,33)34)24(38)16-37(23-14-21-8-6-7-9-22(21)15-23)28(40)26(18(3)4)36-27(39)19-10-12-20(13-11-19)29(41)43-5/h6-13,17-18,23,25-26,42H,14-16,35H2,1-5H3,(H,36,39)/t25?,26-,30?/m0/s1. The smallest absolute Gasteiger partial charge is 0.431 e. The molecule has 2 amide bonds. The van der Waals surface area contributed by atoms with Crippen LogP contribution in [-0.4, -0.2) is 71.2 Å². The lowest BCUT2D eigenvalue weighted by Gasteiger charge is -2.38. The zero-order valence-corrected chi connectivity index (χ0v) is 24.8. The van der Waals surface area contributed by atoms with Crippen molar-refractivity contribution in [2.45, 2.75) is 64.5 Å². The minimum absolute atomic E-state index is 0.153. The van der Waals surface area contributed by atoms with Crippen molar-refractivity contribution < 1.29 is 42.2 Å². The molecule has 0 aromatic heterocycles. The first-order valence-electron chi connectivity index (χ1n) is 14.0. The van der Waals surface area contributed by atoms with E-state index >= 15 is 0 Å². The van der Waals surface area contributed by atoms with Gasteiger partial charge in [-0.05, 0) is 60.1 Å². The lowest BCUT2D eigenvalue weighted by molar-refractivity contribution is -0.278. The first-order chi connectivity index (χ1) is 20.0. The lowest BCUT2D eigenvalue weighted by Crippen LogP contribution is -2.64. The van der Waals surface area contributed by atoms with Crippen LogP contribution in [0.1, 0.15) is 59.5 Å². The number of benzene rings is 2. The third kappa shape index (κ3) is 7.42. The molecular weight excluding hydrogens is 567 g/mol. The largest absolute Gasteiger partial charge is 0.465 e. The third-order valence-electron chi connectivity index (χ3n) is 7.81. The van der Waals surface area contributed by atoms with Crippen molar-refractivity contribution in [2.75, 3.05) is 13.7 Å². The Labute approximate surface area is 248 Å². The summed E-state index contributed by atoms with van der Waals surface area (Å²) >= 11 is 0. The van der Waals surface area contributed by atoms with Crippen LogP contribution in [0, 0.1) is 17.8 Å².